The van der Waals surface area contributed by atoms with Crippen LogP contribution in [0.2, 0.25) is 0 Å². The Labute approximate surface area is 63.6 Å². The van der Waals surface area contributed by atoms with E-state index >= 15 is 0 Å². The van der Waals surface area contributed by atoms with Crippen molar-refractivity contribution in [2.45, 2.75) is 32.2 Å². The first kappa shape index (κ1) is 8.02. The van der Waals surface area contributed by atoms with Crippen LogP contribution in [0.3, 0.4) is 0 Å². The largest absolute Gasteiger partial charge is 0.300 e. The lowest BCUT2D eigenvalue weighted by atomic mass is 10.1. The normalized spacial score (nSPS) is 27.6. The highest BCUT2D eigenvalue weighted by Gasteiger charge is 2.16. The predicted octanol–water partition coefficient (Wildman–Crippen LogP) is 1.04. The van der Waals surface area contributed by atoms with Crippen molar-refractivity contribution in [2.75, 3.05) is 20.3 Å². The number of likely N-dealkylation sites (N-methyl/N-ethyl adjacent to an activating group) is 1. The third-order valence-corrected chi connectivity index (χ3v) is 2.09. The molecule has 1 unspecified atom stereocenters. The van der Waals surface area contributed by atoms with Crippen LogP contribution in [0.4, 0.5) is 0 Å². The Hall–Kier alpha value is -0.0800. The number of hydrogen-bond acceptors (Lipinski definition) is 2. The van der Waals surface area contributed by atoms with Crippen LogP contribution in [0.25, 0.3) is 0 Å². The molecule has 0 spiro atoms. The van der Waals surface area contributed by atoms with Gasteiger partial charge in [0.2, 0.25) is 0 Å². The molecule has 60 valence electrons. The first-order valence-corrected chi connectivity index (χ1v) is 4.25. The molecule has 0 amide bonds. The van der Waals surface area contributed by atoms with Crippen LogP contribution in [-0.2, 0) is 0 Å². The van der Waals surface area contributed by atoms with Gasteiger partial charge in [-0.3, -0.25) is 4.90 Å². The van der Waals surface area contributed by atoms with Crippen LogP contribution in [0.15, 0.2) is 0 Å². The van der Waals surface area contributed by atoms with Crippen LogP contribution < -0.4 is 5.32 Å². The fourth-order valence-corrected chi connectivity index (χ4v) is 1.43. The molecule has 0 radical (unpaired) electrons. The topological polar surface area (TPSA) is 15.3 Å². The summed E-state index contributed by atoms with van der Waals surface area (Å²) in [7, 11) is 2.17. The molecule has 2 heteroatoms. The molecule has 1 atom stereocenters. The van der Waals surface area contributed by atoms with Crippen molar-refractivity contribution < 1.29 is 0 Å². The van der Waals surface area contributed by atoms with Gasteiger partial charge in [0.25, 0.3) is 0 Å². The highest BCUT2D eigenvalue weighted by molar-refractivity contribution is 4.75. The average molecular weight is 142 g/mol. The van der Waals surface area contributed by atoms with Crippen molar-refractivity contribution in [3.63, 3.8) is 0 Å². The summed E-state index contributed by atoms with van der Waals surface area (Å²) in [5.41, 5.74) is 0. The number of hydrogen-bond donors (Lipinski definition) is 1. The fourth-order valence-electron chi connectivity index (χ4n) is 1.43. The summed E-state index contributed by atoms with van der Waals surface area (Å²) in [6.45, 7) is 4.56. The summed E-state index contributed by atoms with van der Waals surface area (Å²) >= 11 is 0. The number of nitrogens with one attached hydrogen (secondary N) is 1. The maximum atomic E-state index is 3.47. The molecule has 1 aliphatic heterocycles. The van der Waals surface area contributed by atoms with Gasteiger partial charge in [-0.05, 0) is 13.5 Å². The summed E-state index contributed by atoms with van der Waals surface area (Å²) in [5, 5.41) is 3.47. The van der Waals surface area contributed by atoms with Gasteiger partial charge in [0, 0.05) is 19.3 Å². The van der Waals surface area contributed by atoms with E-state index in [1.807, 2.05) is 0 Å². The van der Waals surface area contributed by atoms with Gasteiger partial charge in [0.15, 0.2) is 0 Å². The lowest BCUT2D eigenvalue weighted by molar-refractivity contribution is 0.403. The lowest BCUT2D eigenvalue weighted by Gasteiger charge is -2.07. The van der Waals surface area contributed by atoms with Gasteiger partial charge in [-0.15, -0.1) is 0 Å². The lowest BCUT2D eigenvalue weighted by Crippen LogP contribution is -2.22. The molecule has 1 saturated heterocycles. The monoisotopic (exact) mass is 142 g/mol. The van der Waals surface area contributed by atoms with E-state index in [0.29, 0.717) is 0 Å². The minimum absolute atomic E-state index is 0.768. The molecular formula is C8H18N2. The molecule has 0 saturated carbocycles. The van der Waals surface area contributed by atoms with Crippen LogP contribution >= 0.6 is 0 Å². The Balaban J connectivity index is 2.06. The maximum Gasteiger partial charge on any atom is 0.0480 e. The Morgan fingerprint density at radius 3 is 2.90 bits per heavy atom. The summed E-state index contributed by atoms with van der Waals surface area (Å²) in [6, 6.07) is 0.768. The standard InChI is InChI=1S/C8H18N2/c1-3-4-5-8-6-10(2)7-9-8/h8-9H,3-7H2,1-2H3. The van der Waals surface area contributed by atoms with Gasteiger partial charge in [-0.2, -0.15) is 0 Å². The van der Waals surface area contributed by atoms with Crippen molar-refractivity contribution in [2.24, 2.45) is 0 Å². The summed E-state index contributed by atoms with van der Waals surface area (Å²) < 4.78 is 0. The van der Waals surface area contributed by atoms with Crippen molar-refractivity contribution in [3.8, 4) is 0 Å². The zero-order chi connectivity index (χ0) is 7.40. The first-order chi connectivity index (χ1) is 4.83. The second-order valence-corrected chi connectivity index (χ2v) is 3.24. The molecule has 0 aromatic heterocycles. The second kappa shape index (κ2) is 3.94. The zero-order valence-corrected chi connectivity index (χ0v) is 7.06. The molecule has 1 fully saturated rings. The molecule has 1 heterocycles. The first-order valence-electron chi connectivity index (χ1n) is 4.25. The van der Waals surface area contributed by atoms with Crippen molar-refractivity contribution in [1.82, 2.24) is 10.2 Å². The Kier molecular flexibility index (Phi) is 3.16. The van der Waals surface area contributed by atoms with E-state index in [1.54, 1.807) is 0 Å². The third-order valence-electron chi connectivity index (χ3n) is 2.09. The van der Waals surface area contributed by atoms with Crippen LogP contribution in [-0.4, -0.2) is 31.2 Å². The average Bonchev–Trinajstić information content (AvgIpc) is 2.31. The smallest absolute Gasteiger partial charge is 0.0480 e. The molecule has 0 aliphatic carbocycles. The third kappa shape index (κ3) is 2.27. The van der Waals surface area contributed by atoms with Crippen LogP contribution in [0.1, 0.15) is 26.2 Å². The van der Waals surface area contributed by atoms with Gasteiger partial charge in [-0.1, -0.05) is 19.8 Å². The van der Waals surface area contributed by atoms with Gasteiger partial charge in [-0.25, -0.2) is 0 Å². The molecule has 1 aliphatic rings. The summed E-state index contributed by atoms with van der Waals surface area (Å²) in [5.74, 6) is 0. The number of nitrogens with zero attached hydrogens (tertiary/aromatic N) is 1. The quantitative estimate of drug-likeness (QED) is 0.633. The van der Waals surface area contributed by atoms with Gasteiger partial charge in [0.1, 0.15) is 0 Å². The van der Waals surface area contributed by atoms with E-state index in [-0.39, 0.29) is 0 Å². The van der Waals surface area contributed by atoms with Gasteiger partial charge >= 0.3 is 0 Å². The minimum Gasteiger partial charge on any atom is -0.300 e. The van der Waals surface area contributed by atoms with Gasteiger partial charge in [0.05, 0.1) is 0 Å². The molecule has 1 N–H and O–H groups in total. The Morgan fingerprint density at radius 2 is 2.40 bits per heavy atom. The minimum atomic E-state index is 0.768. The summed E-state index contributed by atoms with van der Waals surface area (Å²) in [4.78, 5) is 2.33. The van der Waals surface area contributed by atoms with E-state index in [0.717, 1.165) is 12.7 Å². The molecule has 0 bridgehead atoms. The highest BCUT2D eigenvalue weighted by Crippen LogP contribution is 2.05. The van der Waals surface area contributed by atoms with Crippen molar-refractivity contribution in [3.05, 3.63) is 0 Å². The number of rotatable bonds is 3. The van der Waals surface area contributed by atoms with E-state index in [9.17, 15) is 0 Å². The maximum absolute atomic E-state index is 3.47. The Bertz CT molecular complexity index is 93.3. The molecular weight excluding hydrogens is 124 g/mol. The molecule has 0 aromatic rings. The van der Waals surface area contributed by atoms with Crippen LogP contribution in [0.5, 0.6) is 0 Å². The van der Waals surface area contributed by atoms with E-state index < -0.39 is 0 Å². The molecule has 10 heavy (non-hydrogen) atoms. The molecule has 0 aromatic carbocycles. The fraction of sp³-hybridized carbons (Fsp3) is 1.00. The van der Waals surface area contributed by atoms with Crippen LogP contribution in [0, 0.1) is 0 Å². The molecule has 2 nitrogen and oxygen atoms in total. The predicted molar refractivity (Wildman–Crippen MR) is 43.9 cm³/mol. The van der Waals surface area contributed by atoms with Crippen molar-refractivity contribution >= 4 is 0 Å². The van der Waals surface area contributed by atoms with Gasteiger partial charge < -0.3 is 5.32 Å². The molecule has 1 rings (SSSR count). The summed E-state index contributed by atoms with van der Waals surface area (Å²) in [6.07, 6.45) is 4.04. The van der Waals surface area contributed by atoms with Crippen molar-refractivity contribution in [1.29, 1.82) is 0 Å². The highest BCUT2D eigenvalue weighted by atomic mass is 15.3. The van der Waals surface area contributed by atoms with E-state index in [1.165, 1.54) is 25.8 Å². The van der Waals surface area contributed by atoms with E-state index in [4.69, 9.17) is 0 Å². The van der Waals surface area contributed by atoms with E-state index in [2.05, 4.69) is 24.2 Å². The SMILES string of the molecule is CCCCC1CN(C)CN1. The number of unbranched alkanes of at least 4 members (excludes halogenated alkanes) is 1. The second-order valence-electron chi connectivity index (χ2n) is 3.24. The zero-order valence-electron chi connectivity index (χ0n) is 7.06. The Morgan fingerprint density at radius 1 is 1.60 bits per heavy atom.